The predicted octanol–water partition coefficient (Wildman–Crippen LogP) is 2.16. The van der Waals surface area contributed by atoms with Gasteiger partial charge in [-0.1, -0.05) is 20.8 Å². The highest BCUT2D eigenvalue weighted by Gasteiger charge is 2.17. The molecule has 8 heteroatoms. The average molecular weight is 387 g/mol. The van der Waals surface area contributed by atoms with E-state index >= 15 is 0 Å². The zero-order valence-corrected chi connectivity index (χ0v) is 16.3. The molecule has 0 aliphatic rings. The summed E-state index contributed by atoms with van der Waals surface area (Å²) in [5.41, 5.74) is 1.85. The van der Waals surface area contributed by atoms with Gasteiger partial charge in [-0.15, -0.1) is 0 Å². The molecule has 0 unspecified atom stereocenters. The van der Waals surface area contributed by atoms with Crippen molar-refractivity contribution >= 4 is 11.9 Å². The molecule has 0 spiro atoms. The Bertz CT molecular complexity index is 921. The lowest BCUT2D eigenvalue weighted by Crippen LogP contribution is -2.29. The summed E-state index contributed by atoms with van der Waals surface area (Å²) >= 11 is 0. The largest absolute Gasteiger partial charge is 0.493 e. The van der Waals surface area contributed by atoms with Crippen LogP contribution in [0.25, 0.3) is 11.4 Å². The number of carbonyl (C=O) groups excluding carboxylic acids is 1. The standard InChI is InChI=1S/C20H25N3O5/c1-4-9-28-16-8-7-12(19(26)21-11-17(24)25)10-14(16)18-22-15(6-3)13(5-2)20(27)23-18/h7-8,10H,4-6,9,11H2,1-3H3,(H,21,26)(H,24,25)(H,22,23,27). The van der Waals surface area contributed by atoms with Gasteiger partial charge in [0.25, 0.3) is 11.5 Å². The van der Waals surface area contributed by atoms with Crippen LogP contribution in [0.4, 0.5) is 0 Å². The van der Waals surface area contributed by atoms with Crippen molar-refractivity contribution in [3.63, 3.8) is 0 Å². The number of hydrogen-bond donors (Lipinski definition) is 3. The number of aryl methyl sites for hydroxylation is 1. The van der Waals surface area contributed by atoms with Gasteiger partial charge in [-0.3, -0.25) is 14.4 Å². The number of aromatic nitrogens is 2. The molecule has 0 aliphatic carbocycles. The third-order valence-corrected chi connectivity index (χ3v) is 4.15. The Morgan fingerprint density at radius 3 is 2.57 bits per heavy atom. The van der Waals surface area contributed by atoms with E-state index in [0.717, 1.165) is 6.42 Å². The SMILES string of the molecule is CCCOc1ccc(C(=O)NCC(=O)O)cc1-c1nc(CC)c(CC)c(=O)[nH]1. The summed E-state index contributed by atoms with van der Waals surface area (Å²) < 4.78 is 5.76. The summed E-state index contributed by atoms with van der Waals surface area (Å²) in [6.07, 6.45) is 1.96. The zero-order valence-electron chi connectivity index (χ0n) is 16.3. The van der Waals surface area contributed by atoms with Gasteiger partial charge in [0.1, 0.15) is 18.1 Å². The molecule has 1 aromatic heterocycles. The summed E-state index contributed by atoms with van der Waals surface area (Å²) in [7, 11) is 0. The summed E-state index contributed by atoms with van der Waals surface area (Å²) in [5.74, 6) is -0.858. The van der Waals surface area contributed by atoms with Crippen LogP contribution in [0, 0.1) is 0 Å². The number of benzene rings is 1. The summed E-state index contributed by atoms with van der Waals surface area (Å²) in [6.45, 7) is 5.78. The van der Waals surface area contributed by atoms with Crippen LogP contribution in [0.15, 0.2) is 23.0 Å². The number of H-pyrrole nitrogens is 1. The van der Waals surface area contributed by atoms with Crippen LogP contribution in [0.2, 0.25) is 0 Å². The van der Waals surface area contributed by atoms with Crippen molar-refractivity contribution in [1.29, 1.82) is 0 Å². The van der Waals surface area contributed by atoms with E-state index in [0.29, 0.717) is 47.8 Å². The highest BCUT2D eigenvalue weighted by Crippen LogP contribution is 2.29. The van der Waals surface area contributed by atoms with Gasteiger partial charge in [-0.05, 0) is 37.5 Å². The number of aliphatic carboxylic acids is 1. The molecule has 3 N–H and O–H groups in total. The van der Waals surface area contributed by atoms with Gasteiger partial charge in [0.15, 0.2) is 0 Å². The van der Waals surface area contributed by atoms with E-state index in [1.54, 1.807) is 18.2 Å². The number of rotatable bonds is 9. The summed E-state index contributed by atoms with van der Waals surface area (Å²) in [5, 5.41) is 11.1. The monoisotopic (exact) mass is 387 g/mol. The van der Waals surface area contributed by atoms with Gasteiger partial charge in [0.05, 0.1) is 17.9 Å². The van der Waals surface area contributed by atoms with E-state index in [2.05, 4.69) is 15.3 Å². The lowest BCUT2D eigenvalue weighted by Gasteiger charge is -2.14. The minimum Gasteiger partial charge on any atom is -0.493 e. The molecule has 1 amide bonds. The molecule has 0 fully saturated rings. The van der Waals surface area contributed by atoms with Crippen LogP contribution in [0.3, 0.4) is 0 Å². The quantitative estimate of drug-likeness (QED) is 0.606. The molecular weight excluding hydrogens is 362 g/mol. The second kappa shape index (κ2) is 9.68. The van der Waals surface area contributed by atoms with E-state index in [9.17, 15) is 14.4 Å². The lowest BCUT2D eigenvalue weighted by atomic mass is 10.1. The molecule has 150 valence electrons. The zero-order chi connectivity index (χ0) is 20.7. The average Bonchev–Trinajstić information content (AvgIpc) is 2.69. The molecule has 2 aromatic rings. The first-order valence-electron chi connectivity index (χ1n) is 9.30. The Balaban J connectivity index is 2.54. The Morgan fingerprint density at radius 2 is 1.96 bits per heavy atom. The molecule has 0 radical (unpaired) electrons. The number of nitrogens with one attached hydrogen (secondary N) is 2. The van der Waals surface area contributed by atoms with Gasteiger partial charge in [-0.25, -0.2) is 4.98 Å². The van der Waals surface area contributed by atoms with E-state index < -0.39 is 18.4 Å². The van der Waals surface area contributed by atoms with Crippen LogP contribution in [-0.2, 0) is 17.6 Å². The van der Waals surface area contributed by atoms with Crippen molar-refractivity contribution in [2.45, 2.75) is 40.0 Å². The summed E-state index contributed by atoms with van der Waals surface area (Å²) in [4.78, 5) is 42.7. The minimum atomic E-state index is -1.13. The Labute approximate surface area is 163 Å². The highest BCUT2D eigenvalue weighted by molar-refractivity contribution is 5.97. The van der Waals surface area contributed by atoms with Crippen molar-refractivity contribution in [3.05, 3.63) is 45.4 Å². The maximum Gasteiger partial charge on any atom is 0.322 e. The Morgan fingerprint density at radius 1 is 1.21 bits per heavy atom. The first-order chi connectivity index (χ1) is 13.4. The van der Waals surface area contributed by atoms with E-state index in [4.69, 9.17) is 9.84 Å². The normalized spacial score (nSPS) is 10.5. The number of hydrogen-bond acceptors (Lipinski definition) is 5. The topological polar surface area (TPSA) is 121 Å². The number of carbonyl (C=O) groups is 2. The maximum atomic E-state index is 12.5. The molecule has 0 atom stereocenters. The van der Waals surface area contributed by atoms with E-state index in [1.165, 1.54) is 0 Å². The summed E-state index contributed by atoms with van der Waals surface area (Å²) in [6, 6.07) is 4.72. The fourth-order valence-electron chi connectivity index (χ4n) is 2.78. The van der Waals surface area contributed by atoms with E-state index in [1.807, 2.05) is 20.8 Å². The van der Waals surface area contributed by atoms with Crippen molar-refractivity contribution in [2.24, 2.45) is 0 Å². The maximum absolute atomic E-state index is 12.5. The minimum absolute atomic E-state index is 0.216. The molecule has 1 heterocycles. The molecule has 0 saturated carbocycles. The van der Waals surface area contributed by atoms with Crippen molar-refractivity contribution in [3.8, 4) is 17.1 Å². The van der Waals surface area contributed by atoms with E-state index in [-0.39, 0.29) is 11.1 Å². The molecular formula is C20H25N3O5. The highest BCUT2D eigenvalue weighted by atomic mass is 16.5. The lowest BCUT2D eigenvalue weighted by molar-refractivity contribution is -0.135. The van der Waals surface area contributed by atoms with Gasteiger partial charge in [0.2, 0.25) is 0 Å². The van der Waals surface area contributed by atoms with Crippen molar-refractivity contribution in [1.82, 2.24) is 15.3 Å². The van der Waals surface area contributed by atoms with Crippen LogP contribution < -0.4 is 15.6 Å². The van der Waals surface area contributed by atoms with Crippen LogP contribution >= 0.6 is 0 Å². The van der Waals surface area contributed by atoms with Crippen LogP contribution in [0.1, 0.15) is 48.8 Å². The molecule has 1 aromatic carbocycles. The van der Waals surface area contributed by atoms with Crippen LogP contribution in [0.5, 0.6) is 5.75 Å². The second-order valence-corrected chi connectivity index (χ2v) is 6.18. The molecule has 0 saturated heterocycles. The molecule has 28 heavy (non-hydrogen) atoms. The third kappa shape index (κ3) is 4.97. The molecule has 0 aliphatic heterocycles. The number of aromatic amines is 1. The fourth-order valence-corrected chi connectivity index (χ4v) is 2.78. The van der Waals surface area contributed by atoms with Crippen molar-refractivity contribution < 1.29 is 19.4 Å². The first kappa shape index (κ1) is 21.1. The third-order valence-electron chi connectivity index (χ3n) is 4.15. The number of ether oxygens (including phenoxy) is 1. The predicted molar refractivity (Wildman–Crippen MR) is 105 cm³/mol. The van der Waals surface area contributed by atoms with Crippen LogP contribution in [-0.4, -0.2) is 40.1 Å². The van der Waals surface area contributed by atoms with Crippen molar-refractivity contribution in [2.75, 3.05) is 13.2 Å². The second-order valence-electron chi connectivity index (χ2n) is 6.18. The first-order valence-corrected chi connectivity index (χ1v) is 9.30. The fraction of sp³-hybridized carbons (Fsp3) is 0.400. The Kier molecular flexibility index (Phi) is 7.31. The van der Waals surface area contributed by atoms with Gasteiger partial charge < -0.3 is 20.1 Å². The molecule has 8 nitrogen and oxygen atoms in total. The Hall–Kier alpha value is -3.16. The number of nitrogens with zero attached hydrogens (tertiary/aromatic N) is 1. The van der Waals surface area contributed by atoms with Gasteiger partial charge in [0, 0.05) is 11.1 Å². The van der Waals surface area contributed by atoms with Gasteiger partial charge in [-0.2, -0.15) is 0 Å². The molecule has 0 bridgehead atoms. The number of amides is 1. The van der Waals surface area contributed by atoms with Gasteiger partial charge >= 0.3 is 5.97 Å². The number of carboxylic acids is 1. The smallest absolute Gasteiger partial charge is 0.322 e. The molecule has 2 rings (SSSR count). The number of carboxylic acid groups (broad SMARTS) is 1.